The summed E-state index contributed by atoms with van der Waals surface area (Å²) in [4.78, 5) is 0. The quantitative estimate of drug-likeness (QED) is 0.839. The molecule has 4 N–H and O–H groups in total. The maximum Gasteiger partial charge on any atom is 0.0122 e. The molecule has 0 amide bonds. The van der Waals surface area contributed by atoms with Gasteiger partial charge in [-0.25, -0.2) is 0 Å². The Labute approximate surface area is 111 Å². The van der Waals surface area contributed by atoms with E-state index >= 15 is 0 Å². The summed E-state index contributed by atoms with van der Waals surface area (Å²) in [6.07, 6.45) is 7.71. The Bertz CT molecular complexity index is 330. The van der Waals surface area contributed by atoms with Gasteiger partial charge in [-0.2, -0.15) is 0 Å². The maximum atomic E-state index is 6.41. The van der Waals surface area contributed by atoms with E-state index in [4.69, 9.17) is 11.5 Å². The molecule has 1 aliphatic carbocycles. The van der Waals surface area contributed by atoms with Crippen LogP contribution in [0.4, 0.5) is 0 Å². The van der Waals surface area contributed by atoms with Crippen LogP contribution in [-0.2, 0) is 0 Å². The van der Waals surface area contributed by atoms with Crippen LogP contribution in [0, 0.1) is 5.92 Å². The zero-order chi connectivity index (χ0) is 12.8. The van der Waals surface area contributed by atoms with Crippen LogP contribution < -0.4 is 11.5 Å². The van der Waals surface area contributed by atoms with Gasteiger partial charge in [-0.05, 0) is 37.3 Å². The van der Waals surface area contributed by atoms with Gasteiger partial charge < -0.3 is 11.5 Å². The number of nitrogens with two attached hydrogens (primary N) is 2. The van der Waals surface area contributed by atoms with Gasteiger partial charge in [-0.1, -0.05) is 49.6 Å². The van der Waals surface area contributed by atoms with Gasteiger partial charge in [0, 0.05) is 12.0 Å². The first-order valence-electron chi connectivity index (χ1n) is 7.33. The summed E-state index contributed by atoms with van der Waals surface area (Å²) in [6, 6.07) is 11.0. The van der Waals surface area contributed by atoms with Gasteiger partial charge >= 0.3 is 0 Å². The van der Waals surface area contributed by atoms with Gasteiger partial charge in [0.05, 0.1) is 0 Å². The summed E-state index contributed by atoms with van der Waals surface area (Å²) in [5, 5.41) is 0. The van der Waals surface area contributed by atoms with Crippen molar-refractivity contribution in [3.63, 3.8) is 0 Å². The molecule has 1 saturated carbocycles. The fraction of sp³-hybridized carbons (Fsp3) is 0.625. The molecule has 0 saturated heterocycles. The smallest absolute Gasteiger partial charge is 0.0122 e. The lowest BCUT2D eigenvalue weighted by Crippen LogP contribution is -2.36. The highest BCUT2D eigenvalue weighted by Gasteiger charge is 2.29. The molecule has 2 heteroatoms. The number of benzene rings is 1. The standard InChI is InChI=1S/C16H26N2/c17-12-11-15(18)16(13-7-3-1-4-8-13)14-9-5-2-6-10-14/h1,3-4,7-8,14-16H,2,5-6,9-12,17-18H2. The average molecular weight is 246 g/mol. The lowest BCUT2D eigenvalue weighted by Gasteiger charge is -2.34. The second-order valence-corrected chi connectivity index (χ2v) is 5.58. The zero-order valence-electron chi connectivity index (χ0n) is 11.2. The number of hydrogen-bond acceptors (Lipinski definition) is 2. The van der Waals surface area contributed by atoms with Crippen molar-refractivity contribution < 1.29 is 0 Å². The molecule has 0 aromatic heterocycles. The van der Waals surface area contributed by atoms with Crippen LogP contribution in [0.15, 0.2) is 30.3 Å². The van der Waals surface area contributed by atoms with Crippen LogP contribution in [-0.4, -0.2) is 12.6 Å². The van der Waals surface area contributed by atoms with Crippen LogP contribution in [0.5, 0.6) is 0 Å². The molecule has 1 aliphatic rings. The van der Waals surface area contributed by atoms with E-state index in [1.165, 1.54) is 37.7 Å². The third-order valence-corrected chi connectivity index (χ3v) is 4.30. The van der Waals surface area contributed by atoms with E-state index in [0.717, 1.165) is 12.3 Å². The molecule has 0 heterocycles. The summed E-state index contributed by atoms with van der Waals surface area (Å²) >= 11 is 0. The molecule has 0 aliphatic heterocycles. The van der Waals surface area contributed by atoms with E-state index in [1.807, 2.05) is 0 Å². The largest absolute Gasteiger partial charge is 0.330 e. The molecule has 2 unspecified atom stereocenters. The van der Waals surface area contributed by atoms with Gasteiger partial charge in [0.2, 0.25) is 0 Å². The first kappa shape index (κ1) is 13.6. The molecule has 1 aromatic carbocycles. The summed E-state index contributed by atoms with van der Waals surface area (Å²) in [6.45, 7) is 0.692. The third-order valence-electron chi connectivity index (χ3n) is 4.30. The molecule has 1 aromatic rings. The van der Waals surface area contributed by atoms with Crippen molar-refractivity contribution in [1.29, 1.82) is 0 Å². The van der Waals surface area contributed by atoms with Crippen molar-refractivity contribution >= 4 is 0 Å². The molecule has 2 nitrogen and oxygen atoms in total. The third kappa shape index (κ3) is 3.33. The Morgan fingerprint density at radius 2 is 1.72 bits per heavy atom. The molecule has 18 heavy (non-hydrogen) atoms. The van der Waals surface area contributed by atoms with Crippen LogP contribution in [0.2, 0.25) is 0 Å². The summed E-state index contributed by atoms with van der Waals surface area (Å²) in [5.74, 6) is 1.25. The van der Waals surface area contributed by atoms with Crippen molar-refractivity contribution in [2.45, 2.75) is 50.5 Å². The van der Waals surface area contributed by atoms with E-state index in [2.05, 4.69) is 30.3 Å². The SMILES string of the molecule is NCCC(N)C(c1ccccc1)C1CCCCC1. The van der Waals surface area contributed by atoms with E-state index in [0.29, 0.717) is 12.5 Å². The predicted octanol–water partition coefficient (Wildman–Crippen LogP) is 3.03. The maximum absolute atomic E-state index is 6.41. The van der Waals surface area contributed by atoms with Crippen LogP contribution in [0.3, 0.4) is 0 Å². The van der Waals surface area contributed by atoms with Crippen molar-refractivity contribution in [3.05, 3.63) is 35.9 Å². The monoisotopic (exact) mass is 246 g/mol. The van der Waals surface area contributed by atoms with E-state index in [9.17, 15) is 0 Å². The Morgan fingerprint density at radius 1 is 1.06 bits per heavy atom. The van der Waals surface area contributed by atoms with Crippen LogP contribution in [0.25, 0.3) is 0 Å². The minimum absolute atomic E-state index is 0.209. The summed E-state index contributed by atoms with van der Waals surface area (Å²) in [7, 11) is 0. The molecular formula is C16H26N2. The fourth-order valence-electron chi connectivity index (χ4n) is 3.41. The molecule has 1 fully saturated rings. The van der Waals surface area contributed by atoms with E-state index < -0.39 is 0 Å². The van der Waals surface area contributed by atoms with Gasteiger partial charge in [0.1, 0.15) is 0 Å². The summed E-state index contributed by atoms with van der Waals surface area (Å²) < 4.78 is 0. The Hall–Kier alpha value is -0.860. The fourth-order valence-corrected chi connectivity index (χ4v) is 3.41. The molecule has 100 valence electrons. The highest BCUT2D eigenvalue weighted by Crippen LogP contribution is 2.38. The second-order valence-electron chi connectivity index (χ2n) is 5.58. The Balaban J connectivity index is 2.16. The first-order chi connectivity index (χ1) is 8.83. The highest BCUT2D eigenvalue weighted by molar-refractivity contribution is 5.22. The highest BCUT2D eigenvalue weighted by atomic mass is 14.7. The zero-order valence-corrected chi connectivity index (χ0v) is 11.2. The minimum Gasteiger partial charge on any atom is -0.330 e. The Kier molecular flexibility index (Phi) is 5.21. The molecule has 0 radical (unpaired) electrons. The van der Waals surface area contributed by atoms with Gasteiger partial charge in [0.25, 0.3) is 0 Å². The molecule has 0 bridgehead atoms. The van der Waals surface area contributed by atoms with E-state index in [-0.39, 0.29) is 6.04 Å². The Morgan fingerprint density at radius 3 is 2.33 bits per heavy atom. The van der Waals surface area contributed by atoms with Crippen LogP contribution >= 0.6 is 0 Å². The van der Waals surface area contributed by atoms with Crippen molar-refractivity contribution in [2.24, 2.45) is 17.4 Å². The molecule has 0 spiro atoms. The van der Waals surface area contributed by atoms with Crippen molar-refractivity contribution in [2.75, 3.05) is 6.54 Å². The average Bonchev–Trinajstić information content (AvgIpc) is 2.42. The first-order valence-corrected chi connectivity index (χ1v) is 7.33. The summed E-state index contributed by atoms with van der Waals surface area (Å²) in [5.41, 5.74) is 13.5. The van der Waals surface area contributed by atoms with Gasteiger partial charge in [-0.15, -0.1) is 0 Å². The van der Waals surface area contributed by atoms with Crippen molar-refractivity contribution in [3.8, 4) is 0 Å². The number of hydrogen-bond donors (Lipinski definition) is 2. The molecule has 2 rings (SSSR count). The second kappa shape index (κ2) is 6.91. The molecule has 2 atom stereocenters. The van der Waals surface area contributed by atoms with Crippen molar-refractivity contribution in [1.82, 2.24) is 0 Å². The predicted molar refractivity (Wildman–Crippen MR) is 77.4 cm³/mol. The van der Waals surface area contributed by atoms with E-state index in [1.54, 1.807) is 0 Å². The molecular weight excluding hydrogens is 220 g/mol. The van der Waals surface area contributed by atoms with Crippen LogP contribution in [0.1, 0.15) is 50.0 Å². The normalized spacial score (nSPS) is 20.6. The topological polar surface area (TPSA) is 52.0 Å². The van der Waals surface area contributed by atoms with Gasteiger partial charge in [0.15, 0.2) is 0 Å². The number of rotatable bonds is 5. The lowest BCUT2D eigenvalue weighted by molar-refractivity contribution is 0.272. The minimum atomic E-state index is 0.209. The van der Waals surface area contributed by atoms with Gasteiger partial charge in [-0.3, -0.25) is 0 Å². The lowest BCUT2D eigenvalue weighted by atomic mass is 9.73.